The van der Waals surface area contributed by atoms with Crippen LogP contribution in [0.2, 0.25) is 0 Å². The van der Waals surface area contributed by atoms with Crippen LogP contribution in [0.15, 0.2) is 283 Å². The molecular formula is C68H46N2O. The van der Waals surface area contributed by atoms with Gasteiger partial charge in [0.05, 0.1) is 11.4 Å². The minimum absolute atomic E-state index is 0.842. The molecule has 0 spiro atoms. The van der Waals surface area contributed by atoms with Crippen LogP contribution in [-0.4, -0.2) is 0 Å². The van der Waals surface area contributed by atoms with Gasteiger partial charge in [-0.05, 0) is 122 Å². The van der Waals surface area contributed by atoms with E-state index in [0.29, 0.717) is 0 Å². The standard InChI is InChI=1S/C68H46N2O/c1-3-17-47(18-4-1)49-33-38-54(39-34-49)69(56-25-15-24-53(45-56)59-30-16-23-51-21-7-9-26-58(51)59)64-31-13-11-28-61(64)62-29-12-14-32-65(62)70(55-40-35-50(36-41-55)48-19-5-2-6-20-48)57-42-43-63-67(46-57)71-66-44-37-52-22-8-10-27-60(52)68(63)66/h1-46H. The molecule has 0 aliphatic carbocycles. The van der Waals surface area contributed by atoms with Gasteiger partial charge in [-0.3, -0.25) is 0 Å². The lowest BCUT2D eigenvalue weighted by atomic mass is 9.96. The van der Waals surface area contributed by atoms with E-state index in [1.54, 1.807) is 0 Å². The molecule has 0 N–H and O–H groups in total. The number of fused-ring (bicyclic) bond motifs is 6. The number of para-hydroxylation sites is 2. The van der Waals surface area contributed by atoms with Gasteiger partial charge in [-0.25, -0.2) is 0 Å². The van der Waals surface area contributed by atoms with E-state index in [2.05, 4.69) is 289 Å². The van der Waals surface area contributed by atoms with Crippen molar-refractivity contribution in [3.63, 3.8) is 0 Å². The molecule has 12 aromatic carbocycles. The highest BCUT2D eigenvalue weighted by Gasteiger charge is 2.24. The van der Waals surface area contributed by atoms with Crippen LogP contribution in [0.5, 0.6) is 0 Å². The zero-order valence-electron chi connectivity index (χ0n) is 38.9. The van der Waals surface area contributed by atoms with Crippen molar-refractivity contribution in [1.82, 2.24) is 0 Å². The third kappa shape index (κ3) is 7.67. The number of benzene rings is 12. The first-order chi connectivity index (χ1) is 35.2. The Morgan fingerprint density at radius 2 is 0.690 bits per heavy atom. The molecule has 0 saturated heterocycles. The number of hydrogen-bond acceptors (Lipinski definition) is 3. The van der Waals surface area contributed by atoms with Crippen LogP contribution in [-0.2, 0) is 0 Å². The third-order valence-electron chi connectivity index (χ3n) is 13.9. The predicted octanol–water partition coefficient (Wildman–Crippen LogP) is 19.5. The lowest BCUT2D eigenvalue weighted by Gasteiger charge is -2.31. The van der Waals surface area contributed by atoms with Crippen LogP contribution in [0.1, 0.15) is 0 Å². The average molecular weight is 907 g/mol. The van der Waals surface area contributed by atoms with Gasteiger partial charge in [0.1, 0.15) is 11.2 Å². The molecule has 13 rings (SSSR count). The lowest BCUT2D eigenvalue weighted by Crippen LogP contribution is -2.13. The van der Waals surface area contributed by atoms with E-state index in [0.717, 1.165) is 78.3 Å². The summed E-state index contributed by atoms with van der Waals surface area (Å²) in [4.78, 5) is 4.80. The van der Waals surface area contributed by atoms with Crippen molar-refractivity contribution in [2.45, 2.75) is 0 Å². The van der Waals surface area contributed by atoms with Crippen LogP contribution in [0, 0.1) is 0 Å². The summed E-state index contributed by atoms with van der Waals surface area (Å²) in [6, 6.07) is 100. The Morgan fingerprint density at radius 1 is 0.239 bits per heavy atom. The van der Waals surface area contributed by atoms with Gasteiger partial charge in [-0.2, -0.15) is 0 Å². The zero-order valence-corrected chi connectivity index (χ0v) is 38.9. The summed E-state index contributed by atoms with van der Waals surface area (Å²) in [5.74, 6) is 0. The summed E-state index contributed by atoms with van der Waals surface area (Å²) < 4.78 is 6.73. The molecule has 1 aromatic heterocycles. The van der Waals surface area contributed by atoms with Gasteiger partial charge < -0.3 is 14.2 Å². The average Bonchev–Trinajstić information content (AvgIpc) is 3.83. The Bertz CT molecular complexity index is 4040. The second-order valence-corrected chi connectivity index (χ2v) is 18.1. The Morgan fingerprint density at radius 3 is 1.32 bits per heavy atom. The van der Waals surface area contributed by atoms with Crippen LogP contribution in [0.3, 0.4) is 0 Å². The quantitative estimate of drug-likeness (QED) is 0.136. The SMILES string of the molecule is c1ccc(-c2ccc(N(c3cccc(-c4cccc5ccccc45)c3)c3ccccc3-c3ccccc3N(c3ccc(-c4ccccc4)cc3)c3ccc4c(c3)oc3ccc5ccccc5c34)cc2)cc1. The summed E-state index contributed by atoms with van der Waals surface area (Å²) in [5, 5.41) is 7.07. The van der Waals surface area contributed by atoms with Crippen molar-refractivity contribution in [3.05, 3.63) is 279 Å². The van der Waals surface area contributed by atoms with Gasteiger partial charge in [0.15, 0.2) is 0 Å². The van der Waals surface area contributed by atoms with E-state index in [1.807, 2.05) is 0 Å². The first kappa shape index (κ1) is 41.7. The first-order valence-corrected chi connectivity index (χ1v) is 24.2. The van der Waals surface area contributed by atoms with E-state index in [9.17, 15) is 0 Å². The smallest absolute Gasteiger partial charge is 0.137 e. The molecule has 0 aliphatic rings. The molecule has 0 bridgehead atoms. The molecule has 0 unspecified atom stereocenters. The fourth-order valence-electron chi connectivity index (χ4n) is 10.5. The van der Waals surface area contributed by atoms with E-state index in [1.165, 1.54) is 43.8 Å². The van der Waals surface area contributed by atoms with Crippen molar-refractivity contribution in [1.29, 1.82) is 0 Å². The van der Waals surface area contributed by atoms with E-state index < -0.39 is 0 Å². The maximum Gasteiger partial charge on any atom is 0.137 e. The molecule has 0 aliphatic heterocycles. The summed E-state index contributed by atoms with van der Waals surface area (Å²) in [6.45, 7) is 0. The lowest BCUT2D eigenvalue weighted by molar-refractivity contribution is 0.669. The van der Waals surface area contributed by atoms with Crippen molar-refractivity contribution in [3.8, 4) is 44.5 Å². The van der Waals surface area contributed by atoms with Crippen molar-refractivity contribution >= 4 is 77.6 Å². The normalized spacial score (nSPS) is 11.4. The van der Waals surface area contributed by atoms with Crippen molar-refractivity contribution < 1.29 is 4.42 Å². The number of rotatable bonds is 10. The number of nitrogens with zero attached hydrogens (tertiary/aromatic N) is 2. The molecule has 334 valence electrons. The molecule has 0 saturated carbocycles. The van der Waals surface area contributed by atoms with Crippen molar-refractivity contribution in [2.75, 3.05) is 9.80 Å². The van der Waals surface area contributed by atoms with Crippen LogP contribution in [0.25, 0.3) is 88.0 Å². The molecule has 0 amide bonds. The van der Waals surface area contributed by atoms with E-state index in [-0.39, 0.29) is 0 Å². The van der Waals surface area contributed by atoms with Gasteiger partial charge >= 0.3 is 0 Å². The second kappa shape index (κ2) is 17.9. The summed E-state index contributed by atoms with van der Waals surface area (Å²) in [7, 11) is 0. The first-order valence-electron chi connectivity index (χ1n) is 24.2. The van der Waals surface area contributed by atoms with Crippen molar-refractivity contribution in [2.24, 2.45) is 0 Å². The maximum atomic E-state index is 6.73. The van der Waals surface area contributed by atoms with Gasteiger partial charge in [-0.1, -0.05) is 206 Å². The number of furan rings is 1. The Balaban J connectivity index is 0.997. The Labute approximate surface area is 413 Å². The molecule has 0 fully saturated rings. The molecule has 0 radical (unpaired) electrons. The van der Waals surface area contributed by atoms with E-state index >= 15 is 0 Å². The molecule has 1 heterocycles. The van der Waals surface area contributed by atoms with Gasteiger partial charge in [0.25, 0.3) is 0 Å². The summed E-state index contributed by atoms with van der Waals surface area (Å²) in [5.41, 5.74) is 17.2. The highest BCUT2D eigenvalue weighted by Crippen LogP contribution is 2.48. The number of hydrogen-bond donors (Lipinski definition) is 0. The molecule has 3 nitrogen and oxygen atoms in total. The zero-order chi connectivity index (χ0) is 47.1. The fraction of sp³-hybridized carbons (Fsp3) is 0. The molecule has 0 atom stereocenters. The highest BCUT2D eigenvalue weighted by molar-refractivity contribution is 6.19. The van der Waals surface area contributed by atoms with E-state index in [4.69, 9.17) is 4.42 Å². The summed E-state index contributed by atoms with van der Waals surface area (Å²) >= 11 is 0. The second-order valence-electron chi connectivity index (χ2n) is 18.1. The van der Waals surface area contributed by atoms with Gasteiger partial charge in [0.2, 0.25) is 0 Å². The monoisotopic (exact) mass is 906 g/mol. The predicted molar refractivity (Wildman–Crippen MR) is 300 cm³/mol. The third-order valence-corrected chi connectivity index (χ3v) is 13.9. The molecule has 71 heavy (non-hydrogen) atoms. The highest BCUT2D eigenvalue weighted by atomic mass is 16.3. The summed E-state index contributed by atoms with van der Waals surface area (Å²) in [6.07, 6.45) is 0. The van der Waals surface area contributed by atoms with Crippen LogP contribution >= 0.6 is 0 Å². The minimum Gasteiger partial charge on any atom is -0.456 e. The maximum absolute atomic E-state index is 6.73. The largest absolute Gasteiger partial charge is 0.456 e. The molecule has 13 aromatic rings. The van der Waals surface area contributed by atoms with Crippen LogP contribution < -0.4 is 9.80 Å². The van der Waals surface area contributed by atoms with Crippen LogP contribution in [0.4, 0.5) is 34.1 Å². The minimum atomic E-state index is 0.842. The Kier molecular flexibility index (Phi) is 10.5. The molecular weight excluding hydrogens is 861 g/mol. The molecule has 3 heteroatoms. The van der Waals surface area contributed by atoms with Gasteiger partial charge in [0, 0.05) is 50.7 Å². The topological polar surface area (TPSA) is 19.6 Å². The number of anilines is 6. The Hall–Kier alpha value is -9.44. The fourth-order valence-corrected chi connectivity index (χ4v) is 10.5. The van der Waals surface area contributed by atoms with Gasteiger partial charge in [-0.15, -0.1) is 0 Å².